The third kappa shape index (κ3) is 3.04. The highest BCUT2D eigenvalue weighted by atomic mass is 15.3. The van der Waals surface area contributed by atoms with Crippen molar-refractivity contribution in [2.75, 3.05) is 0 Å². The molecule has 4 nitrogen and oxygen atoms in total. The summed E-state index contributed by atoms with van der Waals surface area (Å²) in [6.45, 7) is 7.21. The monoisotopic (exact) mass is 394 g/mol. The minimum Gasteiger partial charge on any atom is -0.275 e. The molecule has 0 aromatic carbocycles. The maximum Gasteiger partial charge on any atom is 0.0682 e. The van der Waals surface area contributed by atoms with E-state index in [9.17, 15) is 0 Å². The van der Waals surface area contributed by atoms with Gasteiger partial charge in [-0.2, -0.15) is 15.3 Å². The lowest BCUT2D eigenvalue weighted by Gasteiger charge is -2.59. The zero-order chi connectivity index (χ0) is 20.2. The predicted molar refractivity (Wildman–Crippen MR) is 119 cm³/mol. The highest BCUT2D eigenvalue weighted by Gasteiger charge is 2.58. The van der Waals surface area contributed by atoms with Crippen molar-refractivity contribution >= 4 is 11.9 Å². The van der Waals surface area contributed by atoms with Gasteiger partial charge in [-0.25, -0.2) is 0 Å². The number of hydrogen-bond acceptors (Lipinski definition) is 3. The van der Waals surface area contributed by atoms with Crippen LogP contribution in [0.5, 0.6) is 0 Å². The second-order valence-corrected chi connectivity index (χ2v) is 11.0. The Balaban J connectivity index is 1.37. The molecule has 5 rings (SSSR count). The van der Waals surface area contributed by atoms with Gasteiger partial charge in [-0.05, 0) is 87.4 Å². The summed E-state index contributed by atoms with van der Waals surface area (Å²) in [5, 5.41) is 13.7. The van der Waals surface area contributed by atoms with Crippen molar-refractivity contribution in [1.29, 1.82) is 0 Å². The average Bonchev–Trinajstić information content (AvgIpc) is 3.19. The molecule has 0 N–H and O–H groups in total. The van der Waals surface area contributed by atoms with Crippen LogP contribution in [-0.2, 0) is 7.05 Å². The fourth-order valence-corrected chi connectivity index (χ4v) is 8.15. The quantitative estimate of drug-likeness (QED) is 0.452. The van der Waals surface area contributed by atoms with E-state index >= 15 is 0 Å². The van der Waals surface area contributed by atoms with E-state index in [2.05, 4.69) is 24.0 Å². The summed E-state index contributed by atoms with van der Waals surface area (Å²) >= 11 is 0. The lowest BCUT2D eigenvalue weighted by Crippen LogP contribution is -2.52. The van der Waals surface area contributed by atoms with E-state index < -0.39 is 0 Å². The Morgan fingerprint density at radius 2 is 1.93 bits per heavy atom. The van der Waals surface area contributed by atoms with Crippen molar-refractivity contribution in [3.63, 3.8) is 0 Å². The van der Waals surface area contributed by atoms with Crippen LogP contribution in [0.3, 0.4) is 0 Å². The third-order valence-electron chi connectivity index (χ3n) is 9.75. The van der Waals surface area contributed by atoms with Crippen molar-refractivity contribution in [3.8, 4) is 0 Å². The first kappa shape index (κ1) is 19.5. The summed E-state index contributed by atoms with van der Waals surface area (Å²) < 4.78 is 1.85. The van der Waals surface area contributed by atoms with Crippen LogP contribution in [0.2, 0.25) is 0 Å². The number of aromatic nitrogens is 2. The van der Waals surface area contributed by atoms with E-state index in [0.29, 0.717) is 5.41 Å². The molecule has 0 bridgehead atoms. The van der Waals surface area contributed by atoms with Crippen LogP contribution in [0.1, 0.15) is 89.3 Å². The van der Waals surface area contributed by atoms with Gasteiger partial charge in [-0.1, -0.05) is 26.7 Å². The Bertz CT molecular complexity index is 836. The van der Waals surface area contributed by atoms with Crippen molar-refractivity contribution in [2.45, 2.75) is 85.0 Å². The Kier molecular flexibility index (Phi) is 4.75. The van der Waals surface area contributed by atoms with Crippen molar-refractivity contribution in [1.82, 2.24) is 9.78 Å². The van der Waals surface area contributed by atoms with Gasteiger partial charge in [0.15, 0.2) is 0 Å². The van der Waals surface area contributed by atoms with Crippen LogP contribution in [0.4, 0.5) is 0 Å². The second-order valence-electron chi connectivity index (χ2n) is 11.0. The molecule has 0 spiro atoms. The second kappa shape index (κ2) is 7.06. The summed E-state index contributed by atoms with van der Waals surface area (Å²) in [6, 6.07) is 0. The third-order valence-corrected chi connectivity index (χ3v) is 9.75. The summed E-state index contributed by atoms with van der Waals surface area (Å²) in [4.78, 5) is 0. The lowest BCUT2D eigenvalue weighted by atomic mass is 9.45. The van der Waals surface area contributed by atoms with Crippen LogP contribution in [0, 0.1) is 41.4 Å². The van der Waals surface area contributed by atoms with Crippen molar-refractivity contribution < 1.29 is 0 Å². The molecular formula is C25H38N4. The first-order valence-corrected chi connectivity index (χ1v) is 12.0. The van der Waals surface area contributed by atoms with E-state index in [4.69, 9.17) is 5.10 Å². The molecule has 6 atom stereocenters. The largest absolute Gasteiger partial charge is 0.275 e. The Hall–Kier alpha value is -1.45. The Morgan fingerprint density at radius 1 is 1.07 bits per heavy atom. The molecule has 0 radical (unpaired) electrons. The molecule has 4 saturated carbocycles. The highest BCUT2D eigenvalue weighted by Crippen LogP contribution is 2.65. The van der Waals surface area contributed by atoms with Crippen LogP contribution < -0.4 is 0 Å². The summed E-state index contributed by atoms with van der Waals surface area (Å²) in [7, 11) is 1.96. The molecule has 0 saturated heterocycles. The number of rotatable bonds is 2. The fraction of sp³-hybridized carbons (Fsp3) is 0.800. The van der Waals surface area contributed by atoms with E-state index in [1.54, 1.807) is 0 Å². The zero-order valence-electron chi connectivity index (χ0n) is 18.8. The first-order valence-electron chi connectivity index (χ1n) is 12.0. The lowest BCUT2D eigenvalue weighted by molar-refractivity contribution is -0.0936. The molecule has 0 amide bonds. The molecule has 4 fully saturated rings. The number of nitrogens with zero attached hydrogens (tertiary/aromatic N) is 4. The maximum absolute atomic E-state index is 4.81. The number of fused-ring (bicyclic) bond motifs is 5. The van der Waals surface area contributed by atoms with E-state index in [1.165, 1.54) is 63.5 Å². The normalized spacial score (nSPS) is 43.4. The van der Waals surface area contributed by atoms with Crippen LogP contribution >= 0.6 is 0 Å². The molecule has 29 heavy (non-hydrogen) atoms. The predicted octanol–water partition coefficient (Wildman–Crippen LogP) is 5.94. The molecule has 1 heterocycles. The average molecular weight is 395 g/mol. The standard InChI is InChI=1S/C25H38N4/c1-17-18(16-29(4)28-17)15-26-27-23-11-10-21-20-9-8-19-7-5-6-13-24(19,2)22(20)12-14-25(21,23)3/h15-16,19-22H,5-14H2,1-4H3/b26-15-,27-23-/t19-,20-,21-,22-,24-,25-/m0/s1. The van der Waals surface area contributed by atoms with Gasteiger partial charge in [0.2, 0.25) is 0 Å². The molecule has 4 heteroatoms. The zero-order valence-corrected chi connectivity index (χ0v) is 18.8. The van der Waals surface area contributed by atoms with Gasteiger partial charge in [0.25, 0.3) is 0 Å². The van der Waals surface area contributed by atoms with Gasteiger partial charge >= 0.3 is 0 Å². The van der Waals surface area contributed by atoms with Gasteiger partial charge in [-0.3, -0.25) is 4.68 Å². The molecule has 158 valence electrons. The SMILES string of the molecule is Cc1nn(C)cc1/C=N\N=C1\CC[C@H]2[C@@H]3CC[C@@H]4CCCC[C@]4(C)[C@H]3CC[C@]12C. The van der Waals surface area contributed by atoms with Crippen molar-refractivity contribution in [2.24, 2.45) is 51.8 Å². The Morgan fingerprint density at radius 3 is 2.72 bits per heavy atom. The van der Waals surface area contributed by atoms with E-state index in [-0.39, 0.29) is 5.41 Å². The highest BCUT2D eigenvalue weighted by molar-refractivity contribution is 5.93. The smallest absolute Gasteiger partial charge is 0.0682 e. The molecule has 0 unspecified atom stereocenters. The van der Waals surface area contributed by atoms with E-state index in [0.717, 1.165) is 41.3 Å². The molecule has 4 aliphatic carbocycles. The summed E-state index contributed by atoms with van der Waals surface area (Å²) in [5.41, 5.74) is 4.36. The van der Waals surface area contributed by atoms with Gasteiger partial charge in [0.1, 0.15) is 0 Å². The van der Waals surface area contributed by atoms with Gasteiger partial charge in [-0.15, -0.1) is 0 Å². The first-order chi connectivity index (χ1) is 13.9. The molecule has 4 aliphatic rings. The minimum absolute atomic E-state index is 0.278. The molecule has 0 aliphatic heterocycles. The molecule has 1 aromatic rings. The minimum atomic E-state index is 0.278. The van der Waals surface area contributed by atoms with Crippen LogP contribution in [-0.4, -0.2) is 21.7 Å². The van der Waals surface area contributed by atoms with Crippen LogP contribution in [0.25, 0.3) is 0 Å². The van der Waals surface area contributed by atoms with Crippen LogP contribution in [0.15, 0.2) is 16.4 Å². The summed E-state index contributed by atoms with van der Waals surface area (Å²) in [5.74, 6) is 3.71. The maximum atomic E-state index is 4.81. The topological polar surface area (TPSA) is 42.5 Å². The van der Waals surface area contributed by atoms with E-state index in [1.807, 2.05) is 31.1 Å². The fourth-order valence-electron chi connectivity index (χ4n) is 8.15. The Labute approximate surface area is 176 Å². The van der Waals surface area contributed by atoms with Gasteiger partial charge in [0.05, 0.1) is 11.9 Å². The van der Waals surface area contributed by atoms with Gasteiger partial charge in [0, 0.05) is 29.9 Å². The van der Waals surface area contributed by atoms with Crippen molar-refractivity contribution in [3.05, 3.63) is 17.5 Å². The molecular weight excluding hydrogens is 356 g/mol. The summed E-state index contributed by atoms with van der Waals surface area (Å²) in [6.07, 6.45) is 18.0. The number of hydrogen-bond donors (Lipinski definition) is 0. The molecule has 1 aromatic heterocycles. The number of aryl methyl sites for hydroxylation is 2. The van der Waals surface area contributed by atoms with Gasteiger partial charge < -0.3 is 0 Å².